The molecule has 0 unspecified atom stereocenters. The molecular weight excluding hydrogens is 380 g/mol. The molecule has 2 saturated carbocycles. The molecule has 29 heavy (non-hydrogen) atoms. The van der Waals surface area contributed by atoms with Crippen LogP contribution in [0.15, 0.2) is 24.4 Å². The molecule has 2 aromatic heterocycles. The van der Waals surface area contributed by atoms with Gasteiger partial charge in [-0.15, -0.1) is 0 Å². The van der Waals surface area contributed by atoms with Crippen LogP contribution in [0.4, 0.5) is 25.1 Å². The van der Waals surface area contributed by atoms with Crippen LogP contribution in [-0.2, 0) is 10.7 Å². The summed E-state index contributed by atoms with van der Waals surface area (Å²) in [5, 5.41) is 13.2. The van der Waals surface area contributed by atoms with Gasteiger partial charge >= 0.3 is 6.09 Å². The number of nitrogens with zero attached hydrogens (tertiary/aromatic N) is 2. The Bertz CT molecular complexity index is 912. The van der Waals surface area contributed by atoms with E-state index >= 15 is 0 Å². The number of carbonyl (C=O) groups is 1. The van der Waals surface area contributed by atoms with Crippen molar-refractivity contribution in [2.75, 3.05) is 5.32 Å². The fraction of sp³-hybridized carbons (Fsp3) is 0.550. The predicted molar refractivity (Wildman–Crippen MR) is 101 cm³/mol. The predicted octanol–water partition coefficient (Wildman–Crippen LogP) is 4.18. The van der Waals surface area contributed by atoms with Crippen LogP contribution in [0.25, 0.3) is 0 Å². The summed E-state index contributed by atoms with van der Waals surface area (Å²) in [5.41, 5.74) is 1.22. The van der Waals surface area contributed by atoms with Crippen molar-refractivity contribution < 1.29 is 18.3 Å². The summed E-state index contributed by atoms with van der Waals surface area (Å²) in [5.74, 6) is -2.40. The van der Waals surface area contributed by atoms with Gasteiger partial charge in [0.1, 0.15) is 11.8 Å². The molecule has 1 amide bonds. The number of pyridine rings is 1. The SMILES string of the molecule is O=C1NC2CC(C2)CC(F)(F)c2cc(ccn2)Nc2cc([nH]n2)[C@H]2CC[C@H](C2)O1. The van der Waals surface area contributed by atoms with E-state index in [-0.39, 0.29) is 36.1 Å². The summed E-state index contributed by atoms with van der Waals surface area (Å²) < 4.78 is 35.1. The Kier molecular flexibility index (Phi) is 4.40. The summed E-state index contributed by atoms with van der Waals surface area (Å²) in [6, 6.07) is 4.81. The molecule has 7 nitrogen and oxygen atoms in total. The van der Waals surface area contributed by atoms with Gasteiger partial charge in [-0.05, 0) is 50.2 Å². The van der Waals surface area contributed by atoms with E-state index in [4.69, 9.17) is 4.74 Å². The molecule has 2 aromatic rings. The van der Waals surface area contributed by atoms with Crippen molar-refractivity contribution >= 4 is 17.6 Å². The van der Waals surface area contributed by atoms with Gasteiger partial charge in [-0.1, -0.05) is 0 Å². The molecule has 2 atom stereocenters. The van der Waals surface area contributed by atoms with Crippen LogP contribution >= 0.6 is 0 Å². The van der Waals surface area contributed by atoms with Crippen molar-refractivity contribution in [2.24, 2.45) is 5.92 Å². The molecule has 8 bridgehead atoms. The fourth-order valence-corrected chi connectivity index (χ4v) is 4.64. The average molecular weight is 403 g/mol. The Morgan fingerprint density at radius 3 is 2.90 bits per heavy atom. The summed E-state index contributed by atoms with van der Waals surface area (Å²) in [7, 11) is 0. The Balaban J connectivity index is 1.42. The lowest BCUT2D eigenvalue weighted by Gasteiger charge is -2.37. The number of halogens is 2. The monoisotopic (exact) mass is 403 g/mol. The van der Waals surface area contributed by atoms with Crippen LogP contribution in [-0.4, -0.2) is 33.4 Å². The molecule has 0 saturated heterocycles. The molecule has 0 aromatic carbocycles. The van der Waals surface area contributed by atoms with E-state index in [2.05, 4.69) is 25.8 Å². The van der Waals surface area contributed by atoms with Crippen LogP contribution in [0.1, 0.15) is 55.8 Å². The molecule has 9 heteroatoms. The lowest BCUT2D eigenvalue weighted by Crippen LogP contribution is -2.46. The van der Waals surface area contributed by atoms with Gasteiger partial charge in [0.05, 0.1) is 0 Å². The number of aromatic nitrogens is 3. The van der Waals surface area contributed by atoms with E-state index in [1.165, 1.54) is 12.3 Å². The number of ether oxygens (including phenoxy) is 1. The zero-order valence-electron chi connectivity index (χ0n) is 15.8. The van der Waals surface area contributed by atoms with E-state index in [0.717, 1.165) is 25.0 Å². The number of nitrogens with one attached hydrogen (secondary N) is 3. The van der Waals surface area contributed by atoms with Gasteiger partial charge in [0.25, 0.3) is 5.92 Å². The molecule has 6 rings (SSSR count). The maximum absolute atomic E-state index is 14.8. The van der Waals surface area contributed by atoms with E-state index in [1.807, 2.05) is 6.07 Å². The Morgan fingerprint density at radius 2 is 2.03 bits per heavy atom. The van der Waals surface area contributed by atoms with Crippen LogP contribution in [0.3, 0.4) is 0 Å². The molecule has 154 valence electrons. The van der Waals surface area contributed by atoms with Gasteiger partial charge in [-0.3, -0.25) is 10.1 Å². The maximum Gasteiger partial charge on any atom is 0.407 e. The third kappa shape index (κ3) is 3.77. The van der Waals surface area contributed by atoms with Crippen molar-refractivity contribution in [1.82, 2.24) is 20.5 Å². The normalized spacial score (nSPS) is 30.8. The molecule has 2 aliphatic heterocycles. The van der Waals surface area contributed by atoms with E-state index in [1.54, 1.807) is 6.07 Å². The largest absolute Gasteiger partial charge is 0.446 e. The standard InChI is InChI=1S/C20H23F2N5O2/c21-20(22)10-11-5-14(6-11)25-19(28)29-15-2-1-12(7-15)16-9-18(27-26-16)24-13-3-4-23-17(20)8-13/h3-4,8-9,11-12,14-15H,1-2,5-7,10H2,(H,25,28)(H2,24,26,27)/t11?,12-,14?,15+/m0/s1. The minimum absolute atomic E-state index is 0.101. The van der Waals surface area contributed by atoms with Crippen molar-refractivity contribution in [2.45, 2.75) is 62.5 Å². The first-order valence-corrected chi connectivity index (χ1v) is 10.1. The number of alkyl halides is 2. The topological polar surface area (TPSA) is 91.9 Å². The van der Waals surface area contributed by atoms with Gasteiger partial charge in [0.15, 0.2) is 5.82 Å². The first kappa shape index (κ1) is 18.3. The lowest BCUT2D eigenvalue weighted by atomic mass is 9.76. The number of carbonyl (C=O) groups excluding carboxylic acids is 1. The van der Waals surface area contributed by atoms with E-state index < -0.39 is 12.0 Å². The van der Waals surface area contributed by atoms with E-state index in [0.29, 0.717) is 24.3 Å². The summed E-state index contributed by atoms with van der Waals surface area (Å²) in [4.78, 5) is 16.0. The highest BCUT2D eigenvalue weighted by molar-refractivity contribution is 5.68. The number of alkyl carbamates (subject to hydrolysis) is 1. The average Bonchev–Trinajstić information content (AvgIpc) is 3.29. The van der Waals surface area contributed by atoms with Crippen LogP contribution in [0, 0.1) is 5.92 Å². The fourth-order valence-electron chi connectivity index (χ4n) is 4.64. The van der Waals surface area contributed by atoms with E-state index in [9.17, 15) is 13.6 Å². The minimum atomic E-state index is -3.03. The van der Waals surface area contributed by atoms with Gasteiger partial charge in [0.2, 0.25) is 0 Å². The highest BCUT2D eigenvalue weighted by Gasteiger charge is 2.42. The third-order valence-electron chi connectivity index (χ3n) is 6.21. The molecule has 4 aliphatic rings. The van der Waals surface area contributed by atoms with Crippen molar-refractivity contribution in [1.29, 1.82) is 0 Å². The number of rotatable bonds is 0. The van der Waals surface area contributed by atoms with Crippen molar-refractivity contribution in [3.63, 3.8) is 0 Å². The van der Waals surface area contributed by atoms with Gasteiger partial charge in [-0.25, -0.2) is 4.79 Å². The van der Waals surface area contributed by atoms with Gasteiger partial charge in [-0.2, -0.15) is 13.9 Å². The van der Waals surface area contributed by atoms with Crippen LogP contribution in [0.5, 0.6) is 0 Å². The molecular formula is C20H23F2N5O2. The first-order chi connectivity index (χ1) is 13.9. The number of amides is 1. The van der Waals surface area contributed by atoms with Gasteiger partial charge in [0, 0.05) is 42.0 Å². The Hall–Kier alpha value is -2.71. The number of hydrogen-bond acceptors (Lipinski definition) is 5. The molecule has 0 spiro atoms. The number of fused-ring (bicyclic) bond motifs is 3. The Labute approximate surface area is 166 Å². The number of hydrogen-bond donors (Lipinski definition) is 3. The Morgan fingerprint density at radius 1 is 1.17 bits per heavy atom. The summed E-state index contributed by atoms with van der Waals surface area (Å²) >= 11 is 0. The summed E-state index contributed by atoms with van der Waals surface area (Å²) in [6.45, 7) is 0. The smallest absolute Gasteiger partial charge is 0.407 e. The molecule has 2 fully saturated rings. The second kappa shape index (κ2) is 6.96. The zero-order chi connectivity index (χ0) is 20.0. The number of H-pyrrole nitrogens is 1. The highest BCUT2D eigenvalue weighted by atomic mass is 19.3. The van der Waals surface area contributed by atoms with Crippen molar-refractivity contribution in [3.05, 3.63) is 35.8 Å². The second-order valence-corrected chi connectivity index (χ2v) is 8.39. The summed E-state index contributed by atoms with van der Waals surface area (Å²) in [6.07, 6.45) is 4.02. The first-order valence-electron chi connectivity index (χ1n) is 10.1. The quantitative estimate of drug-likeness (QED) is 0.614. The van der Waals surface area contributed by atoms with Crippen LogP contribution < -0.4 is 10.6 Å². The van der Waals surface area contributed by atoms with Gasteiger partial charge < -0.3 is 15.4 Å². The highest BCUT2D eigenvalue weighted by Crippen LogP contribution is 2.42. The van der Waals surface area contributed by atoms with Crippen molar-refractivity contribution in [3.8, 4) is 0 Å². The minimum Gasteiger partial charge on any atom is -0.446 e. The molecule has 3 N–H and O–H groups in total. The zero-order valence-corrected chi connectivity index (χ0v) is 15.8. The lowest BCUT2D eigenvalue weighted by molar-refractivity contribution is -0.0477. The third-order valence-corrected chi connectivity index (χ3v) is 6.21. The number of anilines is 2. The number of aromatic amines is 1. The maximum atomic E-state index is 14.8. The molecule has 4 heterocycles. The molecule has 0 radical (unpaired) electrons. The van der Waals surface area contributed by atoms with Crippen LogP contribution in [0.2, 0.25) is 0 Å². The second-order valence-electron chi connectivity index (χ2n) is 8.39. The molecule has 2 aliphatic carbocycles.